The highest BCUT2D eigenvalue weighted by atomic mass is 35.5. The second-order valence-electron chi connectivity index (χ2n) is 7.54. The van der Waals surface area contributed by atoms with Gasteiger partial charge in [-0.15, -0.1) is 24.8 Å². The van der Waals surface area contributed by atoms with Crippen molar-refractivity contribution < 1.29 is 9.47 Å². The molecule has 1 aliphatic heterocycles. The molecule has 0 amide bonds. The van der Waals surface area contributed by atoms with Crippen LogP contribution in [0.25, 0.3) is 0 Å². The molecule has 1 aromatic heterocycles. The highest BCUT2D eigenvalue weighted by Gasteiger charge is 2.21. The average molecular weight is 462 g/mol. The van der Waals surface area contributed by atoms with E-state index in [0.717, 1.165) is 43.1 Å². The summed E-state index contributed by atoms with van der Waals surface area (Å²) in [6, 6.07) is 20.3. The molecule has 166 valence electrons. The van der Waals surface area contributed by atoms with Gasteiger partial charge in [0.1, 0.15) is 17.6 Å². The molecule has 3 aromatic rings. The number of ether oxygens (including phenoxy) is 2. The van der Waals surface area contributed by atoms with E-state index in [4.69, 9.17) is 9.47 Å². The van der Waals surface area contributed by atoms with Crippen LogP contribution in [0.2, 0.25) is 0 Å². The van der Waals surface area contributed by atoms with Crippen LogP contribution < -0.4 is 14.8 Å². The summed E-state index contributed by atoms with van der Waals surface area (Å²) in [6.45, 7) is 1.85. The van der Waals surface area contributed by atoms with Gasteiger partial charge in [0, 0.05) is 19.2 Å². The first kappa shape index (κ1) is 24.8. The van der Waals surface area contributed by atoms with Gasteiger partial charge in [0.25, 0.3) is 0 Å². The van der Waals surface area contributed by atoms with Gasteiger partial charge in [0.15, 0.2) is 0 Å². The van der Waals surface area contributed by atoms with Gasteiger partial charge in [-0.1, -0.05) is 30.3 Å². The molecule has 0 saturated heterocycles. The summed E-state index contributed by atoms with van der Waals surface area (Å²) in [6.07, 6.45) is 3.85. The van der Waals surface area contributed by atoms with Crippen LogP contribution in [-0.4, -0.2) is 37.1 Å². The Morgan fingerprint density at radius 3 is 2.58 bits per heavy atom. The maximum atomic E-state index is 6.21. The molecule has 2 aromatic carbocycles. The minimum absolute atomic E-state index is 0. The van der Waals surface area contributed by atoms with Crippen molar-refractivity contribution in [1.82, 2.24) is 9.88 Å². The Balaban J connectivity index is 0.00000171. The fourth-order valence-corrected chi connectivity index (χ4v) is 3.42. The van der Waals surface area contributed by atoms with Crippen LogP contribution in [0.1, 0.15) is 23.7 Å². The molecule has 7 heteroatoms. The van der Waals surface area contributed by atoms with Crippen LogP contribution in [0, 0.1) is 0 Å². The molecule has 0 radical (unpaired) electrons. The van der Waals surface area contributed by atoms with Crippen LogP contribution in [0.3, 0.4) is 0 Å². The molecular weight excluding hydrogens is 433 g/mol. The molecule has 1 unspecified atom stereocenters. The summed E-state index contributed by atoms with van der Waals surface area (Å²) in [4.78, 5) is 6.54. The normalized spacial score (nSPS) is 14.5. The Hall–Kier alpha value is -2.47. The third kappa shape index (κ3) is 6.76. The van der Waals surface area contributed by atoms with Crippen LogP contribution in [0.4, 0.5) is 5.69 Å². The van der Waals surface area contributed by atoms with E-state index in [-0.39, 0.29) is 30.9 Å². The highest BCUT2D eigenvalue weighted by Crippen LogP contribution is 2.37. The molecule has 1 N–H and O–H groups in total. The molecule has 2 heterocycles. The van der Waals surface area contributed by atoms with Crippen molar-refractivity contribution >= 4 is 30.5 Å². The van der Waals surface area contributed by atoms with Crippen molar-refractivity contribution in [2.45, 2.75) is 18.9 Å². The Morgan fingerprint density at radius 1 is 1.06 bits per heavy atom. The SMILES string of the molecule is CN(C)CCNc1ccc(Oc2ccc3c(c2)CCC(c2ccccc2)O3)nc1.Cl.Cl. The zero-order valence-corrected chi connectivity index (χ0v) is 19.4. The van der Waals surface area contributed by atoms with Crippen molar-refractivity contribution in [3.8, 4) is 17.4 Å². The summed E-state index contributed by atoms with van der Waals surface area (Å²) in [5, 5.41) is 3.35. The van der Waals surface area contributed by atoms with Crippen molar-refractivity contribution in [3.05, 3.63) is 78.0 Å². The van der Waals surface area contributed by atoms with E-state index in [1.165, 1.54) is 11.1 Å². The molecule has 0 bridgehead atoms. The predicted molar refractivity (Wildman–Crippen MR) is 130 cm³/mol. The Bertz CT molecular complexity index is 937. The van der Waals surface area contributed by atoms with Crippen molar-refractivity contribution in [2.24, 2.45) is 0 Å². The Kier molecular flexibility index (Phi) is 9.44. The largest absolute Gasteiger partial charge is 0.485 e. The van der Waals surface area contributed by atoms with E-state index in [1.807, 2.05) is 30.3 Å². The van der Waals surface area contributed by atoms with Gasteiger partial charge in [-0.3, -0.25) is 0 Å². The first-order valence-electron chi connectivity index (χ1n) is 10.0. The van der Waals surface area contributed by atoms with E-state index in [9.17, 15) is 0 Å². The summed E-state index contributed by atoms with van der Waals surface area (Å²) in [5.74, 6) is 2.30. The van der Waals surface area contributed by atoms with Gasteiger partial charge >= 0.3 is 0 Å². The lowest BCUT2D eigenvalue weighted by molar-refractivity contribution is 0.176. The highest BCUT2D eigenvalue weighted by molar-refractivity contribution is 5.85. The molecule has 0 spiro atoms. The van der Waals surface area contributed by atoms with Crippen LogP contribution in [0.15, 0.2) is 66.9 Å². The molecule has 31 heavy (non-hydrogen) atoms. The maximum absolute atomic E-state index is 6.21. The zero-order valence-electron chi connectivity index (χ0n) is 17.8. The average Bonchev–Trinajstić information content (AvgIpc) is 2.75. The quantitative estimate of drug-likeness (QED) is 0.484. The molecule has 1 aliphatic rings. The predicted octanol–water partition coefficient (Wildman–Crippen LogP) is 5.76. The number of rotatable bonds is 7. The maximum Gasteiger partial charge on any atom is 0.219 e. The number of fused-ring (bicyclic) bond motifs is 1. The number of benzene rings is 2. The van der Waals surface area contributed by atoms with Gasteiger partial charge < -0.3 is 19.7 Å². The van der Waals surface area contributed by atoms with Gasteiger partial charge in [-0.2, -0.15) is 0 Å². The number of hydrogen-bond acceptors (Lipinski definition) is 5. The number of aryl methyl sites for hydroxylation is 1. The lowest BCUT2D eigenvalue weighted by atomic mass is 9.97. The third-order valence-corrected chi connectivity index (χ3v) is 5.00. The molecule has 4 rings (SSSR count). The molecule has 1 atom stereocenters. The smallest absolute Gasteiger partial charge is 0.219 e. The van der Waals surface area contributed by atoms with E-state index < -0.39 is 0 Å². The van der Waals surface area contributed by atoms with Crippen molar-refractivity contribution in [3.63, 3.8) is 0 Å². The first-order valence-corrected chi connectivity index (χ1v) is 10.0. The van der Waals surface area contributed by atoms with E-state index >= 15 is 0 Å². The van der Waals surface area contributed by atoms with E-state index in [0.29, 0.717) is 5.88 Å². The minimum Gasteiger partial charge on any atom is -0.485 e. The number of pyridine rings is 1. The number of anilines is 1. The summed E-state index contributed by atoms with van der Waals surface area (Å²) in [5.41, 5.74) is 3.39. The summed E-state index contributed by atoms with van der Waals surface area (Å²) < 4.78 is 12.2. The van der Waals surface area contributed by atoms with Crippen LogP contribution in [-0.2, 0) is 6.42 Å². The second kappa shape index (κ2) is 11.8. The van der Waals surface area contributed by atoms with Gasteiger partial charge in [0.05, 0.1) is 11.9 Å². The minimum atomic E-state index is 0. The Labute approximate surface area is 196 Å². The molecule has 0 saturated carbocycles. The van der Waals surface area contributed by atoms with Crippen molar-refractivity contribution in [2.75, 3.05) is 32.5 Å². The Morgan fingerprint density at radius 2 is 1.87 bits per heavy atom. The topological polar surface area (TPSA) is 46.6 Å². The number of hydrogen-bond donors (Lipinski definition) is 1. The molecule has 5 nitrogen and oxygen atoms in total. The fraction of sp³-hybridized carbons (Fsp3) is 0.292. The van der Waals surface area contributed by atoms with E-state index in [1.54, 1.807) is 6.20 Å². The molecule has 0 fully saturated rings. The second-order valence-corrected chi connectivity index (χ2v) is 7.54. The first-order chi connectivity index (χ1) is 14.2. The number of aromatic nitrogens is 1. The molecule has 0 aliphatic carbocycles. The number of halogens is 2. The number of nitrogens with one attached hydrogen (secondary N) is 1. The summed E-state index contributed by atoms with van der Waals surface area (Å²) in [7, 11) is 4.12. The monoisotopic (exact) mass is 461 g/mol. The van der Waals surface area contributed by atoms with E-state index in [2.05, 4.69) is 59.6 Å². The fourth-order valence-electron chi connectivity index (χ4n) is 3.42. The van der Waals surface area contributed by atoms with Gasteiger partial charge in [-0.25, -0.2) is 4.98 Å². The van der Waals surface area contributed by atoms with Crippen LogP contribution in [0.5, 0.6) is 17.4 Å². The van der Waals surface area contributed by atoms with Gasteiger partial charge in [0.2, 0.25) is 5.88 Å². The number of nitrogens with zero attached hydrogens (tertiary/aromatic N) is 2. The standard InChI is InChI=1S/C24H27N3O2.2ClH/c1-27(2)15-14-25-20-9-13-24(26-17-20)28-21-10-12-23-19(16-21)8-11-22(29-23)18-6-4-3-5-7-18;;/h3-7,9-10,12-13,16-17,22,25H,8,11,14-15H2,1-2H3;2*1H. The number of likely N-dealkylation sites (N-methyl/N-ethyl adjacent to an activating group) is 1. The third-order valence-electron chi connectivity index (χ3n) is 5.00. The zero-order chi connectivity index (χ0) is 20.1. The van der Waals surface area contributed by atoms with Crippen molar-refractivity contribution in [1.29, 1.82) is 0 Å². The van der Waals surface area contributed by atoms with Crippen LogP contribution >= 0.6 is 24.8 Å². The molecular formula is C24H29Cl2N3O2. The lowest BCUT2D eigenvalue weighted by Crippen LogP contribution is -2.20. The summed E-state index contributed by atoms with van der Waals surface area (Å²) >= 11 is 0. The van der Waals surface area contributed by atoms with Gasteiger partial charge in [-0.05, 0) is 62.3 Å². The lowest BCUT2D eigenvalue weighted by Gasteiger charge is -2.26.